The van der Waals surface area contributed by atoms with Crippen LogP contribution in [0, 0.1) is 0 Å². The van der Waals surface area contributed by atoms with Gasteiger partial charge in [0, 0.05) is 7.74 Å². The van der Waals surface area contributed by atoms with E-state index >= 15 is 0 Å². The van der Waals surface area contributed by atoms with Gasteiger partial charge in [-0.1, -0.05) is 19.6 Å². The van der Waals surface area contributed by atoms with Gasteiger partial charge < -0.3 is 13.9 Å². The molecule has 62 valence electrons. The zero-order valence-electron chi connectivity index (χ0n) is 6.63. The van der Waals surface area contributed by atoms with Gasteiger partial charge in [-0.25, -0.2) is 7.55 Å². The van der Waals surface area contributed by atoms with E-state index in [1.54, 1.807) is 0 Å². The molecule has 3 atom stereocenters. The van der Waals surface area contributed by atoms with E-state index in [9.17, 15) is 0 Å². The summed E-state index contributed by atoms with van der Waals surface area (Å²) >= 11 is 0. The first-order valence-electron chi connectivity index (χ1n) is 3.52. The van der Waals surface area contributed by atoms with Crippen molar-refractivity contribution in [2.24, 2.45) is 0 Å². The zero-order valence-corrected chi connectivity index (χ0v) is 13.9. The summed E-state index contributed by atoms with van der Waals surface area (Å²) in [6.07, 6.45) is 3.82. The molecule has 0 radical (unpaired) electrons. The molecule has 0 saturated heterocycles. The van der Waals surface area contributed by atoms with E-state index in [-0.39, 0.29) is 0 Å². The van der Waals surface area contributed by atoms with Gasteiger partial charge in [-0.05, 0) is 0 Å². The lowest BCUT2D eigenvalue weighted by Crippen LogP contribution is -2.09. The van der Waals surface area contributed by atoms with Crippen LogP contribution in [-0.4, -0.2) is 7.74 Å². The van der Waals surface area contributed by atoms with Gasteiger partial charge in [-0.3, -0.25) is 25.5 Å². The van der Waals surface area contributed by atoms with E-state index in [0.717, 1.165) is 25.5 Å². The molecule has 4 bridgehead atoms. The van der Waals surface area contributed by atoms with Gasteiger partial charge in [0.2, 0.25) is 0 Å². The van der Waals surface area contributed by atoms with Crippen LogP contribution >= 0.6 is 47.0 Å². The maximum Gasteiger partial charge on any atom is 0.0182 e. The van der Waals surface area contributed by atoms with Crippen molar-refractivity contribution in [3.8, 4) is 0 Å². The maximum atomic E-state index is 2.65. The molecule has 0 nitrogen and oxygen atoms in total. The SMILES string of the molecule is C[Si](C)(C)p1p2[p-]p3p([p-]2)p13. The van der Waals surface area contributed by atoms with Crippen LogP contribution in [0.3, 0.4) is 0 Å². The molecule has 0 aliphatic rings. The minimum Gasteiger partial charge on any atom is -0.303 e. The molecule has 0 aliphatic carbocycles. The quantitative estimate of drug-likeness (QED) is 0.409. The molecule has 3 unspecified atom stereocenters. The van der Waals surface area contributed by atoms with Crippen LogP contribution in [0.15, 0.2) is 0 Å². The molecule has 4 rings (SSSR count). The van der Waals surface area contributed by atoms with Crippen molar-refractivity contribution in [2.75, 3.05) is 0 Å². The van der Waals surface area contributed by atoms with Crippen molar-refractivity contribution < 1.29 is 0 Å². The molecule has 11 heavy (non-hydrogen) atoms. The maximum absolute atomic E-state index is 2.65. The van der Waals surface area contributed by atoms with Crippen molar-refractivity contribution in [1.82, 2.24) is 0 Å². The fourth-order valence-electron chi connectivity index (χ4n) is 1.25. The second-order valence-corrected chi connectivity index (χ2v) is 52.2. The van der Waals surface area contributed by atoms with Crippen molar-refractivity contribution in [1.29, 1.82) is 0 Å². The first kappa shape index (κ1) is 8.61. The second-order valence-electron chi connectivity index (χ2n) is 3.71. The summed E-state index contributed by atoms with van der Waals surface area (Å²) in [6, 6.07) is 0. The Balaban J connectivity index is 2.42. The van der Waals surface area contributed by atoms with E-state index in [0.29, 0.717) is 6.37 Å². The third kappa shape index (κ3) is 1.11. The molecule has 8 heteroatoms. The highest BCUT2D eigenvalue weighted by Crippen LogP contribution is 3.08. The van der Waals surface area contributed by atoms with Crippen LogP contribution in [0.4, 0.5) is 0 Å². The highest BCUT2D eigenvalue weighted by molar-refractivity contribution is 9.13. The molecular formula is C3H9P7Si-2. The van der Waals surface area contributed by atoms with Crippen LogP contribution in [0.5, 0.6) is 0 Å². The molecule has 0 fully saturated rings. The summed E-state index contributed by atoms with van der Waals surface area (Å²) in [4.78, 5) is 0. The third-order valence-electron chi connectivity index (χ3n) is 1.71. The Morgan fingerprint density at radius 1 is 1.00 bits per heavy atom. The average Bonchev–Trinajstić information content (AvgIpc) is 2.35. The van der Waals surface area contributed by atoms with Crippen LogP contribution in [0.1, 0.15) is 0 Å². The van der Waals surface area contributed by atoms with Crippen LogP contribution in [0.2, 0.25) is 19.6 Å². The number of rotatable bonds is 1. The molecular weight excluding hydrogens is 281 g/mol. The molecule has 0 aliphatic heterocycles. The predicted molar refractivity (Wildman–Crippen MR) is 71.8 cm³/mol. The molecule has 4 heterocycles. The Hall–Kier alpha value is 2.32. The fourth-order valence-corrected chi connectivity index (χ4v) is 216. The summed E-state index contributed by atoms with van der Waals surface area (Å²) in [6.45, 7) is 7.95. The molecule has 0 N–H and O–H groups in total. The first-order chi connectivity index (χ1) is 5.09. The molecule has 0 saturated carbocycles. The molecule has 0 aromatic carbocycles. The number of hydrogen-bond donors (Lipinski definition) is 0. The molecule has 4 aromatic heterocycles. The lowest BCUT2D eigenvalue weighted by Gasteiger charge is -2.26. The highest BCUT2D eigenvalue weighted by atomic mass is 33.2. The average molecular weight is 290 g/mol. The minimum atomic E-state index is -0.626. The normalized spacial score (nSPS) is 24.5. The Morgan fingerprint density at radius 3 is 1.73 bits per heavy atom. The Bertz CT molecular complexity index is 445. The predicted octanol–water partition coefficient (Wildman–Crippen LogP) is 7.40. The number of hydrogen-bond acceptors (Lipinski definition) is 0. The van der Waals surface area contributed by atoms with Crippen molar-refractivity contribution in [3.05, 3.63) is 0 Å². The molecule has 4 aromatic rings. The van der Waals surface area contributed by atoms with Crippen molar-refractivity contribution >= 4 is 54.8 Å². The Labute approximate surface area is 74.4 Å². The third-order valence-corrected chi connectivity index (χ3v) is 101. The van der Waals surface area contributed by atoms with Crippen LogP contribution < -0.4 is 0 Å². The minimum absolute atomic E-state index is 0.626. The largest absolute Gasteiger partial charge is 0.303 e. The Morgan fingerprint density at radius 2 is 1.55 bits per heavy atom. The zero-order chi connectivity index (χ0) is 7.80. The standard InChI is InChI=1S/C3H9P7Si/c1-11(2,3)10-6-4-7-8(5-6)9(7)10/h1-3H3/q-2. The van der Waals surface area contributed by atoms with Gasteiger partial charge in [0.25, 0.3) is 0 Å². The van der Waals surface area contributed by atoms with Gasteiger partial charge in [0.05, 0.1) is 0 Å². The van der Waals surface area contributed by atoms with Crippen LogP contribution in [-0.2, 0) is 0 Å². The van der Waals surface area contributed by atoms with E-state index < -0.39 is 7.74 Å². The monoisotopic (exact) mass is 290 g/mol. The summed E-state index contributed by atoms with van der Waals surface area (Å²) in [7, 11) is 3.51. The summed E-state index contributed by atoms with van der Waals surface area (Å²) < 4.78 is 0. The van der Waals surface area contributed by atoms with Gasteiger partial charge in [-0.2, -0.15) is 0 Å². The van der Waals surface area contributed by atoms with E-state index in [4.69, 9.17) is 0 Å². The van der Waals surface area contributed by atoms with E-state index in [1.165, 1.54) is 0 Å². The van der Waals surface area contributed by atoms with Crippen molar-refractivity contribution in [3.63, 3.8) is 0 Å². The lowest BCUT2D eigenvalue weighted by atomic mass is 11.8. The smallest absolute Gasteiger partial charge is 0.0182 e. The van der Waals surface area contributed by atoms with Gasteiger partial charge in [0.15, 0.2) is 0 Å². The summed E-state index contributed by atoms with van der Waals surface area (Å²) in [5.74, 6) is 0. The van der Waals surface area contributed by atoms with E-state index in [1.807, 2.05) is 0 Å². The lowest BCUT2D eigenvalue weighted by molar-refractivity contribution is 1.88. The summed E-state index contributed by atoms with van der Waals surface area (Å²) in [5.41, 5.74) is 0. The highest BCUT2D eigenvalue weighted by Gasteiger charge is 2.14. The topological polar surface area (TPSA) is 0 Å². The molecule has 0 amide bonds. The molecule has 0 spiro atoms. The second kappa shape index (κ2) is 2.46. The van der Waals surface area contributed by atoms with E-state index in [2.05, 4.69) is 34.7 Å². The Kier molecular flexibility index (Phi) is 1.93. The van der Waals surface area contributed by atoms with Crippen molar-refractivity contribution in [2.45, 2.75) is 19.6 Å². The van der Waals surface area contributed by atoms with Gasteiger partial charge >= 0.3 is 0 Å². The summed E-state index contributed by atoms with van der Waals surface area (Å²) in [5, 5.41) is 0. The van der Waals surface area contributed by atoms with Gasteiger partial charge in [0.1, 0.15) is 0 Å². The van der Waals surface area contributed by atoms with Crippen LogP contribution in [0.25, 0.3) is 0 Å². The first-order valence-corrected chi connectivity index (χ1v) is 22.7. The fraction of sp³-hybridized carbons (Fsp3) is 1.00. The van der Waals surface area contributed by atoms with Gasteiger partial charge in [-0.15, -0.1) is 0 Å².